The van der Waals surface area contributed by atoms with Crippen LogP contribution < -0.4 is 15.7 Å². The molecule has 3 rings (SSSR count). The van der Waals surface area contributed by atoms with Crippen LogP contribution in [-0.4, -0.2) is 30.4 Å². The first-order valence-electron chi connectivity index (χ1n) is 10.7. The molecule has 2 heterocycles. The molecule has 28 heavy (non-hydrogen) atoms. The van der Waals surface area contributed by atoms with E-state index in [4.69, 9.17) is 14.8 Å². The Balaban J connectivity index is 2.12. The standard InChI is InChI=1S/C22H36N2O4/c1-3-4-5-6-9-21-19(16-28-24-26)8-7-14-27-20-12-10-18(11-13-20)15-17(2)23-22(21)25/h10-13,17,19,21,24,26H,3-9,14-16H2,1-2H3,(H,23,25)/t17-,19-,21-/m1/s1. The van der Waals surface area contributed by atoms with Gasteiger partial charge < -0.3 is 10.1 Å². The zero-order valence-electron chi connectivity index (χ0n) is 17.3. The van der Waals surface area contributed by atoms with Crippen molar-refractivity contribution in [3.63, 3.8) is 0 Å². The summed E-state index contributed by atoms with van der Waals surface area (Å²) in [6.07, 6.45) is 7.78. The molecular weight excluding hydrogens is 356 g/mol. The number of carbonyl (C=O) groups excluding carboxylic acids is 1. The summed E-state index contributed by atoms with van der Waals surface area (Å²) in [6, 6.07) is 8.16. The molecule has 0 spiro atoms. The molecule has 0 aliphatic carbocycles. The minimum absolute atomic E-state index is 0.0286. The molecule has 0 unspecified atom stereocenters. The maximum Gasteiger partial charge on any atom is 0.223 e. The number of hydrogen-bond donors (Lipinski definition) is 3. The molecule has 2 bridgehead atoms. The van der Waals surface area contributed by atoms with Gasteiger partial charge in [-0.15, -0.1) is 0 Å². The summed E-state index contributed by atoms with van der Waals surface area (Å²) in [5, 5.41) is 12.1. The number of hydrogen-bond acceptors (Lipinski definition) is 5. The van der Waals surface area contributed by atoms with Gasteiger partial charge in [0.05, 0.1) is 13.2 Å². The van der Waals surface area contributed by atoms with Crippen molar-refractivity contribution in [2.45, 2.75) is 71.3 Å². The molecule has 2 aliphatic rings. The Hall–Kier alpha value is -1.63. The fraction of sp³-hybridized carbons (Fsp3) is 0.682. The van der Waals surface area contributed by atoms with E-state index in [-0.39, 0.29) is 23.8 Å². The molecule has 0 saturated heterocycles. The monoisotopic (exact) mass is 392 g/mol. The van der Waals surface area contributed by atoms with Gasteiger partial charge in [0.2, 0.25) is 5.91 Å². The molecule has 0 saturated carbocycles. The highest BCUT2D eigenvalue weighted by atomic mass is 16.8. The Morgan fingerprint density at radius 2 is 2.04 bits per heavy atom. The largest absolute Gasteiger partial charge is 0.494 e. The third-order valence-corrected chi connectivity index (χ3v) is 5.48. The lowest BCUT2D eigenvalue weighted by Gasteiger charge is -2.28. The molecule has 6 heteroatoms. The zero-order valence-corrected chi connectivity index (χ0v) is 17.3. The molecule has 3 atom stereocenters. The van der Waals surface area contributed by atoms with E-state index in [1.165, 1.54) is 18.4 Å². The van der Waals surface area contributed by atoms with Crippen LogP contribution in [0.15, 0.2) is 24.3 Å². The SMILES string of the molecule is CCCCCC[C@H]1C(=O)N[C@H](C)Cc2ccc(cc2)OCCC[C@@H]1CONO. The average Bonchev–Trinajstić information content (AvgIpc) is 2.68. The van der Waals surface area contributed by atoms with Gasteiger partial charge >= 0.3 is 0 Å². The van der Waals surface area contributed by atoms with Crippen LogP contribution in [0, 0.1) is 11.8 Å². The number of nitrogens with one attached hydrogen (secondary N) is 2. The first-order chi connectivity index (χ1) is 13.6. The fourth-order valence-corrected chi connectivity index (χ4v) is 3.93. The second-order valence-electron chi connectivity index (χ2n) is 7.87. The number of carbonyl (C=O) groups is 1. The average molecular weight is 393 g/mol. The second kappa shape index (κ2) is 12.8. The summed E-state index contributed by atoms with van der Waals surface area (Å²) in [6.45, 7) is 5.13. The van der Waals surface area contributed by atoms with Crippen molar-refractivity contribution < 1.29 is 19.6 Å². The Kier molecular flexibility index (Phi) is 10.3. The van der Waals surface area contributed by atoms with Crippen LogP contribution in [0.5, 0.6) is 5.75 Å². The van der Waals surface area contributed by atoms with Gasteiger partial charge in [0.1, 0.15) is 5.75 Å². The van der Waals surface area contributed by atoms with Gasteiger partial charge in [-0.2, -0.15) is 0 Å². The molecule has 0 fully saturated rings. The topological polar surface area (TPSA) is 79.8 Å². The lowest BCUT2D eigenvalue weighted by Crippen LogP contribution is -2.42. The van der Waals surface area contributed by atoms with Crippen molar-refractivity contribution >= 4 is 5.91 Å². The normalized spacial score (nSPS) is 23.7. The van der Waals surface area contributed by atoms with Crippen molar-refractivity contribution in [2.24, 2.45) is 11.8 Å². The lowest BCUT2D eigenvalue weighted by molar-refractivity contribution is -0.148. The Morgan fingerprint density at radius 1 is 1.25 bits per heavy atom. The van der Waals surface area contributed by atoms with E-state index in [2.05, 4.69) is 24.4 Å². The molecule has 1 aromatic carbocycles. The van der Waals surface area contributed by atoms with Gasteiger partial charge in [-0.05, 0) is 56.2 Å². The van der Waals surface area contributed by atoms with Crippen molar-refractivity contribution in [1.29, 1.82) is 0 Å². The van der Waals surface area contributed by atoms with Crippen LogP contribution in [0.3, 0.4) is 0 Å². The summed E-state index contributed by atoms with van der Waals surface area (Å²) in [7, 11) is 0. The minimum atomic E-state index is -0.128. The smallest absolute Gasteiger partial charge is 0.223 e. The zero-order chi connectivity index (χ0) is 20.2. The molecule has 158 valence electrons. The third-order valence-electron chi connectivity index (χ3n) is 5.48. The highest BCUT2D eigenvalue weighted by molar-refractivity contribution is 5.79. The highest BCUT2D eigenvalue weighted by Gasteiger charge is 2.29. The van der Waals surface area contributed by atoms with Gasteiger partial charge in [-0.25, -0.2) is 0 Å². The summed E-state index contributed by atoms with van der Waals surface area (Å²) in [5.74, 6) is 0.862. The van der Waals surface area contributed by atoms with Gasteiger partial charge in [-0.3, -0.25) is 14.8 Å². The molecule has 2 aliphatic heterocycles. The number of ether oxygens (including phenoxy) is 1. The molecule has 0 aromatic heterocycles. The second-order valence-corrected chi connectivity index (χ2v) is 7.87. The number of rotatable bonds is 8. The van der Waals surface area contributed by atoms with Crippen molar-refractivity contribution in [2.75, 3.05) is 13.2 Å². The molecule has 3 N–H and O–H groups in total. The predicted octanol–water partition coefficient (Wildman–Crippen LogP) is 4.02. The quantitative estimate of drug-likeness (QED) is 0.460. The molecule has 0 radical (unpaired) electrons. The Labute approximate surface area is 168 Å². The summed E-state index contributed by atoms with van der Waals surface area (Å²) in [5.41, 5.74) is 2.96. The summed E-state index contributed by atoms with van der Waals surface area (Å²) < 4.78 is 5.85. The minimum Gasteiger partial charge on any atom is -0.494 e. The van der Waals surface area contributed by atoms with E-state index in [0.717, 1.165) is 44.3 Å². The first-order valence-corrected chi connectivity index (χ1v) is 10.7. The first kappa shape index (κ1) is 22.7. The Morgan fingerprint density at radius 3 is 2.75 bits per heavy atom. The molecular formula is C22H36N2O4. The van der Waals surface area contributed by atoms with Crippen LogP contribution >= 0.6 is 0 Å². The van der Waals surface area contributed by atoms with E-state index in [0.29, 0.717) is 13.2 Å². The van der Waals surface area contributed by atoms with Crippen LogP contribution in [-0.2, 0) is 16.1 Å². The van der Waals surface area contributed by atoms with E-state index in [1.807, 2.05) is 19.1 Å². The van der Waals surface area contributed by atoms with Crippen LogP contribution in [0.2, 0.25) is 0 Å². The maximum atomic E-state index is 13.1. The lowest BCUT2D eigenvalue weighted by atomic mass is 9.84. The molecule has 1 amide bonds. The van der Waals surface area contributed by atoms with Crippen LogP contribution in [0.1, 0.15) is 64.4 Å². The van der Waals surface area contributed by atoms with Crippen LogP contribution in [0.25, 0.3) is 0 Å². The molecule has 6 nitrogen and oxygen atoms in total. The van der Waals surface area contributed by atoms with Crippen molar-refractivity contribution in [1.82, 2.24) is 11.0 Å². The van der Waals surface area contributed by atoms with Crippen LogP contribution in [0.4, 0.5) is 0 Å². The van der Waals surface area contributed by atoms with E-state index >= 15 is 0 Å². The summed E-state index contributed by atoms with van der Waals surface area (Å²) >= 11 is 0. The van der Waals surface area contributed by atoms with E-state index in [9.17, 15) is 4.79 Å². The number of fused-ring (bicyclic) bond motifs is 11. The number of benzene rings is 1. The van der Waals surface area contributed by atoms with Gasteiger partial charge in [0.15, 0.2) is 0 Å². The van der Waals surface area contributed by atoms with Gasteiger partial charge in [0, 0.05) is 12.0 Å². The third kappa shape index (κ3) is 7.78. The van der Waals surface area contributed by atoms with E-state index < -0.39 is 0 Å². The summed E-state index contributed by atoms with van der Waals surface area (Å²) in [4.78, 5) is 18.2. The van der Waals surface area contributed by atoms with Gasteiger partial charge in [-0.1, -0.05) is 50.4 Å². The predicted molar refractivity (Wildman–Crippen MR) is 109 cm³/mol. The maximum absolute atomic E-state index is 13.1. The van der Waals surface area contributed by atoms with E-state index in [1.54, 1.807) is 5.64 Å². The van der Waals surface area contributed by atoms with Gasteiger partial charge in [0.25, 0.3) is 0 Å². The fourth-order valence-electron chi connectivity index (χ4n) is 3.93. The van der Waals surface area contributed by atoms with Crippen molar-refractivity contribution in [3.05, 3.63) is 29.8 Å². The Bertz CT molecular complexity index is 564. The number of unbranched alkanes of at least 4 members (excludes halogenated alkanes) is 3. The number of amides is 1. The van der Waals surface area contributed by atoms with Crippen molar-refractivity contribution in [3.8, 4) is 5.75 Å². The highest BCUT2D eigenvalue weighted by Crippen LogP contribution is 2.26. The molecule has 1 aromatic rings.